The molecule has 94 valence electrons. The standard InChI is InChI=1S/C11H8ClFN2O2S/c12-15-7(5-16)6-18-11(15)14-10(17)8-3-1-2-4-9(8)13/h1-6,11H,(H,14,17). The topological polar surface area (TPSA) is 49.4 Å². The molecule has 0 bridgehead atoms. The predicted octanol–water partition coefficient (Wildman–Crippen LogP) is 2.08. The Morgan fingerprint density at radius 3 is 2.83 bits per heavy atom. The van der Waals surface area contributed by atoms with E-state index in [9.17, 15) is 14.0 Å². The number of carbonyl (C=O) groups is 2. The van der Waals surface area contributed by atoms with Crippen LogP contribution in [0.4, 0.5) is 4.39 Å². The van der Waals surface area contributed by atoms with Gasteiger partial charge in [0.1, 0.15) is 11.5 Å². The van der Waals surface area contributed by atoms with Crippen molar-refractivity contribution in [3.8, 4) is 0 Å². The maximum atomic E-state index is 13.4. The van der Waals surface area contributed by atoms with Gasteiger partial charge in [-0.2, -0.15) is 0 Å². The number of allylic oxidation sites excluding steroid dienone is 1. The molecule has 1 aromatic carbocycles. The zero-order valence-electron chi connectivity index (χ0n) is 8.97. The van der Waals surface area contributed by atoms with Crippen LogP contribution in [-0.2, 0) is 4.79 Å². The van der Waals surface area contributed by atoms with Gasteiger partial charge in [-0.1, -0.05) is 23.9 Å². The fourth-order valence-corrected chi connectivity index (χ4v) is 2.55. The minimum absolute atomic E-state index is 0.0669. The van der Waals surface area contributed by atoms with Crippen molar-refractivity contribution in [3.05, 3.63) is 46.8 Å². The van der Waals surface area contributed by atoms with Crippen molar-refractivity contribution < 1.29 is 14.0 Å². The molecule has 0 aliphatic carbocycles. The number of nitrogens with one attached hydrogen (secondary N) is 1. The van der Waals surface area contributed by atoms with E-state index in [0.717, 1.165) is 16.2 Å². The SMILES string of the molecule is O=CC1=CSC(NC(=O)c2ccccc2F)N1Cl. The zero-order valence-corrected chi connectivity index (χ0v) is 10.5. The van der Waals surface area contributed by atoms with Gasteiger partial charge >= 0.3 is 0 Å². The molecule has 1 aromatic rings. The van der Waals surface area contributed by atoms with Gasteiger partial charge < -0.3 is 5.32 Å². The normalized spacial score (nSPS) is 18.4. The molecule has 2 rings (SSSR count). The molecule has 1 atom stereocenters. The molecule has 7 heteroatoms. The molecule has 0 saturated heterocycles. The molecule has 18 heavy (non-hydrogen) atoms. The molecule has 1 aliphatic rings. The maximum absolute atomic E-state index is 13.4. The molecular formula is C11H8ClFN2O2S. The van der Waals surface area contributed by atoms with Gasteiger partial charge in [-0.3, -0.25) is 9.59 Å². The number of hydrogen-bond acceptors (Lipinski definition) is 4. The summed E-state index contributed by atoms with van der Waals surface area (Å²) in [4.78, 5) is 22.4. The second kappa shape index (κ2) is 5.41. The van der Waals surface area contributed by atoms with Gasteiger partial charge in [0.05, 0.1) is 5.56 Å². The summed E-state index contributed by atoms with van der Waals surface area (Å²) in [6.07, 6.45) is 0.579. The number of hydrogen-bond donors (Lipinski definition) is 1. The van der Waals surface area contributed by atoms with E-state index < -0.39 is 17.2 Å². The number of amides is 1. The van der Waals surface area contributed by atoms with Gasteiger partial charge in [0, 0.05) is 17.2 Å². The number of rotatable bonds is 3. The Hall–Kier alpha value is -1.53. The number of aldehydes is 1. The van der Waals surface area contributed by atoms with Crippen LogP contribution in [0.3, 0.4) is 0 Å². The third kappa shape index (κ3) is 2.49. The number of thioether (sulfide) groups is 1. The van der Waals surface area contributed by atoms with Crippen LogP contribution >= 0.6 is 23.5 Å². The van der Waals surface area contributed by atoms with Gasteiger partial charge in [-0.05, 0) is 12.1 Å². The zero-order chi connectivity index (χ0) is 13.1. The molecule has 0 aromatic heterocycles. The van der Waals surface area contributed by atoms with Crippen molar-refractivity contribution in [2.75, 3.05) is 0 Å². The van der Waals surface area contributed by atoms with Crippen molar-refractivity contribution in [2.24, 2.45) is 0 Å². The molecule has 4 nitrogen and oxygen atoms in total. The third-order valence-electron chi connectivity index (χ3n) is 2.26. The number of carbonyl (C=O) groups excluding carboxylic acids is 2. The van der Waals surface area contributed by atoms with E-state index in [2.05, 4.69) is 5.32 Å². The van der Waals surface area contributed by atoms with Crippen LogP contribution in [0, 0.1) is 5.82 Å². The van der Waals surface area contributed by atoms with Crippen LogP contribution < -0.4 is 5.32 Å². The first kappa shape index (κ1) is 12.9. The second-order valence-corrected chi connectivity index (χ2v) is 4.73. The Morgan fingerprint density at radius 1 is 1.50 bits per heavy atom. The highest BCUT2D eigenvalue weighted by atomic mass is 35.5. The summed E-state index contributed by atoms with van der Waals surface area (Å²) in [7, 11) is 0. The van der Waals surface area contributed by atoms with E-state index in [1.54, 1.807) is 6.07 Å². The van der Waals surface area contributed by atoms with E-state index in [0.29, 0.717) is 6.29 Å². The second-order valence-electron chi connectivity index (χ2n) is 3.41. The summed E-state index contributed by atoms with van der Waals surface area (Å²) >= 11 is 6.98. The lowest BCUT2D eigenvalue weighted by Crippen LogP contribution is -2.39. The summed E-state index contributed by atoms with van der Waals surface area (Å²) in [6.45, 7) is 0. The number of nitrogens with zero attached hydrogens (tertiary/aromatic N) is 1. The van der Waals surface area contributed by atoms with Crippen LogP contribution in [0.2, 0.25) is 0 Å². The van der Waals surface area contributed by atoms with E-state index in [1.807, 2.05) is 0 Å². The third-order valence-corrected chi connectivity index (χ3v) is 3.73. The van der Waals surface area contributed by atoms with Crippen molar-refractivity contribution in [1.82, 2.24) is 9.74 Å². The first-order valence-corrected chi connectivity index (χ1v) is 6.23. The van der Waals surface area contributed by atoms with Gasteiger partial charge in [-0.15, -0.1) is 0 Å². The summed E-state index contributed by atoms with van der Waals surface area (Å²) in [5.41, 5.74) is -0.442. The number of benzene rings is 1. The van der Waals surface area contributed by atoms with Gasteiger partial charge in [0.2, 0.25) is 0 Å². The molecule has 0 saturated carbocycles. The highest BCUT2D eigenvalue weighted by Crippen LogP contribution is 2.29. The van der Waals surface area contributed by atoms with E-state index in [1.165, 1.54) is 23.6 Å². The predicted molar refractivity (Wildman–Crippen MR) is 67.1 cm³/mol. The van der Waals surface area contributed by atoms with Gasteiger partial charge in [0.25, 0.3) is 5.91 Å². The molecule has 0 radical (unpaired) electrons. The first-order valence-electron chi connectivity index (χ1n) is 4.94. The van der Waals surface area contributed by atoms with Crippen LogP contribution in [-0.4, -0.2) is 22.1 Å². The lowest BCUT2D eigenvalue weighted by atomic mass is 10.2. The molecule has 1 unspecified atom stereocenters. The molecule has 0 spiro atoms. The van der Waals surface area contributed by atoms with Gasteiger partial charge in [0.15, 0.2) is 11.8 Å². The summed E-state index contributed by atoms with van der Waals surface area (Å²) in [5, 5.41) is 4.04. The molecule has 1 amide bonds. The Kier molecular flexibility index (Phi) is 3.88. The lowest BCUT2D eigenvalue weighted by molar-refractivity contribution is -0.105. The largest absolute Gasteiger partial charge is 0.322 e. The highest BCUT2D eigenvalue weighted by Gasteiger charge is 2.27. The number of halogens is 2. The fraction of sp³-hybridized carbons (Fsp3) is 0.0909. The quantitative estimate of drug-likeness (QED) is 0.683. The van der Waals surface area contributed by atoms with Crippen LogP contribution in [0.25, 0.3) is 0 Å². The average Bonchev–Trinajstić information content (AvgIpc) is 2.71. The van der Waals surface area contributed by atoms with E-state index >= 15 is 0 Å². The summed E-state index contributed by atoms with van der Waals surface area (Å²) in [5.74, 6) is -1.19. The van der Waals surface area contributed by atoms with E-state index in [4.69, 9.17) is 11.8 Å². The summed E-state index contributed by atoms with van der Waals surface area (Å²) in [6, 6.07) is 5.63. The lowest BCUT2D eigenvalue weighted by Gasteiger charge is -2.20. The van der Waals surface area contributed by atoms with Crippen LogP contribution in [0.15, 0.2) is 35.4 Å². The van der Waals surface area contributed by atoms with Crippen molar-refractivity contribution in [1.29, 1.82) is 0 Å². The molecular weight excluding hydrogens is 279 g/mol. The van der Waals surface area contributed by atoms with Crippen molar-refractivity contribution in [3.63, 3.8) is 0 Å². The Bertz CT molecular complexity index is 524. The molecule has 1 aliphatic heterocycles. The first-order chi connectivity index (χ1) is 8.63. The van der Waals surface area contributed by atoms with Gasteiger partial charge in [-0.25, -0.2) is 8.81 Å². The molecule has 1 N–H and O–H groups in total. The Morgan fingerprint density at radius 2 is 2.22 bits per heavy atom. The van der Waals surface area contributed by atoms with Crippen molar-refractivity contribution >= 4 is 35.7 Å². The van der Waals surface area contributed by atoms with Crippen molar-refractivity contribution in [2.45, 2.75) is 5.50 Å². The molecule has 0 fully saturated rings. The minimum atomic E-state index is -0.626. The minimum Gasteiger partial charge on any atom is -0.322 e. The summed E-state index contributed by atoms with van der Waals surface area (Å²) < 4.78 is 14.5. The Balaban J connectivity index is 2.06. The fourth-order valence-electron chi connectivity index (χ4n) is 1.38. The smallest absolute Gasteiger partial charge is 0.256 e. The maximum Gasteiger partial charge on any atom is 0.256 e. The average molecular weight is 287 g/mol. The monoisotopic (exact) mass is 286 g/mol. The highest BCUT2D eigenvalue weighted by molar-refractivity contribution is 8.03. The van der Waals surface area contributed by atoms with E-state index in [-0.39, 0.29) is 11.3 Å². The van der Waals surface area contributed by atoms with Crippen LogP contribution in [0.5, 0.6) is 0 Å². The van der Waals surface area contributed by atoms with Crippen LogP contribution in [0.1, 0.15) is 10.4 Å². The molecule has 1 heterocycles. The Labute approximate surface area is 112 Å².